The van der Waals surface area contributed by atoms with Gasteiger partial charge in [0.15, 0.2) is 0 Å². The first-order valence-corrected chi connectivity index (χ1v) is 9.57. The predicted octanol–water partition coefficient (Wildman–Crippen LogP) is 2.17. The molecule has 136 valence electrons. The number of rotatable bonds is 4. The van der Waals surface area contributed by atoms with E-state index in [1.807, 2.05) is 23.1 Å². The van der Waals surface area contributed by atoms with Crippen LogP contribution >= 0.6 is 0 Å². The van der Waals surface area contributed by atoms with E-state index in [9.17, 15) is 9.59 Å². The molecule has 1 aromatic carbocycles. The Labute approximate surface area is 150 Å². The zero-order chi connectivity index (χ0) is 17.5. The first kappa shape index (κ1) is 17.9. The number of hydrogen-bond acceptors (Lipinski definition) is 3. The van der Waals surface area contributed by atoms with Crippen molar-refractivity contribution in [2.45, 2.75) is 51.1 Å². The Kier molecular flexibility index (Phi) is 6.45. The fraction of sp³-hybridized carbons (Fsp3) is 0.600. The van der Waals surface area contributed by atoms with E-state index in [2.05, 4.69) is 22.3 Å². The number of carbonyl (C=O) groups excluding carboxylic acids is 2. The summed E-state index contributed by atoms with van der Waals surface area (Å²) in [7, 11) is 0. The van der Waals surface area contributed by atoms with Gasteiger partial charge < -0.3 is 10.2 Å². The molecular weight excluding hydrogens is 314 g/mol. The third-order valence-corrected chi connectivity index (χ3v) is 5.25. The second-order valence-electron chi connectivity index (χ2n) is 7.12. The number of amides is 2. The van der Waals surface area contributed by atoms with Gasteiger partial charge in [0.2, 0.25) is 11.8 Å². The van der Waals surface area contributed by atoms with Crippen molar-refractivity contribution >= 4 is 11.8 Å². The summed E-state index contributed by atoms with van der Waals surface area (Å²) in [5.41, 5.74) is 1.18. The Bertz CT molecular complexity index is 568. The molecule has 2 heterocycles. The third-order valence-electron chi connectivity index (χ3n) is 5.25. The van der Waals surface area contributed by atoms with Crippen LogP contribution in [0.4, 0.5) is 0 Å². The quantitative estimate of drug-likeness (QED) is 0.912. The summed E-state index contributed by atoms with van der Waals surface area (Å²) in [6, 6.07) is 9.81. The molecule has 0 aromatic heterocycles. The zero-order valence-corrected chi connectivity index (χ0v) is 15.0. The van der Waals surface area contributed by atoms with E-state index in [-0.39, 0.29) is 17.9 Å². The molecular formula is C20H29N3O2. The van der Waals surface area contributed by atoms with E-state index in [1.54, 1.807) is 0 Å². The Morgan fingerprint density at radius 3 is 2.40 bits per heavy atom. The summed E-state index contributed by atoms with van der Waals surface area (Å²) >= 11 is 0. The van der Waals surface area contributed by atoms with E-state index in [1.165, 1.54) is 24.8 Å². The highest BCUT2D eigenvalue weighted by Crippen LogP contribution is 2.17. The van der Waals surface area contributed by atoms with Gasteiger partial charge in [0.05, 0.1) is 12.5 Å². The topological polar surface area (TPSA) is 52.7 Å². The molecule has 0 spiro atoms. The number of piperazine rings is 1. The van der Waals surface area contributed by atoms with Crippen molar-refractivity contribution in [1.82, 2.24) is 15.1 Å². The van der Waals surface area contributed by atoms with Gasteiger partial charge in [-0.05, 0) is 18.4 Å². The average molecular weight is 343 g/mol. The van der Waals surface area contributed by atoms with Gasteiger partial charge in [-0.3, -0.25) is 14.5 Å². The lowest BCUT2D eigenvalue weighted by molar-refractivity contribution is -0.139. The second-order valence-corrected chi connectivity index (χ2v) is 7.12. The highest BCUT2D eigenvalue weighted by molar-refractivity contribution is 5.88. The molecule has 25 heavy (non-hydrogen) atoms. The summed E-state index contributed by atoms with van der Waals surface area (Å²) in [4.78, 5) is 29.3. The first-order valence-electron chi connectivity index (χ1n) is 9.57. The molecule has 1 atom stereocenters. The van der Waals surface area contributed by atoms with Crippen LogP contribution in [-0.2, 0) is 16.1 Å². The van der Waals surface area contributed by atoms with E-state index >= 15 is 0 Å². The van der Waals surface area contributed by atoms with Gasteiger partial charge in [0, 0.05) is 32.7 Å². The van der Waals surface area contributed by atoms with Gasteiger partial charge in [-0.25, -0.2) is 0 Å². The van der Waals surface area contributed by atoms with Crippen molar-refractivity contribution in [1.29, 1.82) is 0 Å². The van der Waals surface area contributed by atoms with Gasteiger partial charge in [0.1, 0.15) is 0 Å². The van der Waals surface area contributed by atoms with Crippen LogP contribution in [0.2, 0.25) is 0 Å². The first-order chi connectivity index (χ1) is 12.2. The van der Waals surface area contributed by atoms with Gasteiger partial charge in [0.25, 0.3) is 0 Å². The van der Waals surface area contributed by atoms with Gasteiger partial charge in [-0.1, -0.05) is 49.6 Å². The number of nitrogens with zero attached hydrogens (tertiary/aromatic N) is 2. The maximum Gasteiger partial charge on any atom is 0.237 e. The summed E-state index contributed by atoms with van der Waals surface area (Å²) in [5.74, 6) is 0.115. The largest absolute Gasteiger partial charge is 0.353 e. The molecule has 2 aliphatic rings. The SMILES string of the molecule is O=C1NCCN(Cc2ccccc2)C1CC(=O)N1CCCCCCC1. The van der Waals surface area contributed by atoms with Crippen LogP contribution in [0.3, 0.4) is 0 Å². The fourth-order valence-electron chi connectivity index (χ4n) is 3.78. The van der Waals surface area contributed by atoms with Crippen LogP contribution in [0.5, 0.6) is 0 Å². The van der Waals surface area contributed by atoms with E-state index in [4.69, 9.17) is 0 Å². The molecule has 0 bridgehead atoms. The summed E-state index contributed by atoms with van der Waals surface area (Å²) in [6.45, 7) is 3.84. The minimum absolute atomic E-state index is 0.0115. The Morgan fingerprint density at radius 2 is 1.68 bits per heavy atom. The molecule has 1 N–H and O–H groups in total. The standard InChI is InChI=1S/C20H29N3O2/c24-19(22-12-7-2-1-3-8-13-22)15-18-20(25)21-11-14-23(18)16-17-9-5-4-6-10-17/h4-6,9-10,18H,1-3,7-8,11-16H2,(H,21,25). The normalized spacial score (nSPS) is 22.8. The average Bonchev–Trinajstić information content (AvgIpc) is 2.58. The molecule has 5 nitrogen and oxygen atoms in total. The fourth-order valence-corrected chi connectivity index (χ4v) is 3.78. The molecule has 2 amide bonds. The lowest BCUT2D eigenvalue weighted by atomic mass is 10.0. The number of benzene rings is 1. The molecule has 1 unspecified atom stereocenters. The third kappa shape index (κ3) is 5.05. The van der Waals surface area contributed by atoms with Crippen molar-refractivity contribution in [3.05, 3.63) is 35.9 Å². The van der Waals surface area contributed by atoms with E-state index < -0.39 is 0 Å². The summed E-state index contributed by atoms with van der Waals surface area (Å²) in [5, 5.41) is 2.93. The highest BCUT2D eigenvalue weighted by atomic mass is 16.2. The Hall–Kier alpha value is -1.88. The van der Waals surface area contributed by atoms with Crippen molar-refractivity contribution < 1.29 is 9.59 Å². The minimum Gasteiger partial charge on any atom is -0.353 e. The minimum atomic E-state index is -0.355. The van der Waals surface area contributed by atoms with Crippen LogP contribution in [0.25, 0.3) is 0 Å². The molecule has 2 fully saturated rings. The summed E-state index contributed by atoms with van der Waals surface area (Å²) < 4.78 is 0. The van der Waals surface area contributed by atoms with Crippen LogP contribution < -0.4 is 5.32 Å². The maximum atomic E-state index is 12.8. The van der Waals surface area contributed by atoms with Crippen LogP contribution in [0.1, 0.15) is 44.1 Å². The van der Waals surface area contributed by atoms with Gasteiger partial charge in [-0.2, -0.15) is 0 Å². The Morgan fingerprint density at radius 1 is 1.00 bits per heavy atom. The molecule has 3 rings (SSSR count). The van der Waals surface area contributed by atoms with Crippen molar-refractivity contribution in [3.63, 3.8) is 0 Å². The maximum absolute atomic E-state index is 12.8. The van der Waals surface area contributed by atoms with Crippen LogP contribution in [0.15, 0.2) is 30.3 Å². The molecule has 2 saturated heterocycles. The lowest BCUT2D eigenvalue weighted by Crippen LogP contribution is -2.56. The van der Waals surface area contributed by atoms with Gasteiger partial charge >= 0.3 is 0 Å². The number of likely N-dealkylation sites (tertiary alicyclic amines) is 1. The van der Waals surface area contributed by atoms with Crippen LogP contribution in [-0.4, -0.2) is 53.8 Å². The molecule has 0 radical (unpaired) electrons. The van der Waals surface area contributed by atoms with Crippen molar-refractivity contribution in [2.24, 2.45) is 0 Å². The van der Waals surface area contributed by atoms with Crippen molar-refractivity contribution in [3.8, 4) is 0 Å². The molecule has 1 aromatic rings. The second kappa shape index (κ2) is 8.99. The zero-order valence-electron chi connectivity index (χ0n) is 15.0. The molecule has 0 saturated carbocycles. The summed E-state index contributed by atoms with van der Waals surface area (Å²) in [6.07, 6.45) is 6.13. The number of hydrogen-bond donors (Lipinski definition) is 1. The van der Waals surface area contributed by atoms with E-state index in [0.29, 0.717) is 19.5 Å². The van der Waals surface area contributed by atoms with Gasteiger partial charge in [-0.15, -0.1) is 0 Å². The number of nitrogens with one attached hydrogen (secondary N) is 1. The highest BCUT2D eigenvalue weighted by Gasteiger charge is 2.32. The van der Waals surface area contributed by atoms with E-state index in [0.717, 1.165) is 32.5 Å². The predicted molar refractivity (Wildman–Crippen MR) is 97.9 cm³/mol. The van der Waals surface area contributed by atoms with Crippen molar-refractivity contribution in [2.75, 3.05) is 26.2 Å². The number of carbonyl (C=O) groups is 2. The molecule has 5 heteroatoms. The lowest BCUT2D eigenvalue weighted by Gasteiger charge is -2.36. The smallest absolute Gasteiger partial charge is 0.237 e. The Balaban J connectivity index is 1.63. The molecule has 2 aliphatic heterocycles. The van der Waals surface area contributed by atoms with Crippen LogP contribution in [0, 0.1) is 0 Å². The molecule has 0 aliphatic carbocycles. The monoisotopic (exact) mass is 343 g/mol.